The summed E-state index contributed by atoms with van der Waals surface area (Å²) in [6, 6.07) is 9.26. The minimum atomic E-state index is 0.0885. The van der Waals surface area contributed by atoms with E-state index in [9.17, 15) is 4.79 Å². The molecule has 0 radical (unpaired) electrons. The molecule has 8 heteroatoms. The molecule has 0 fully saturated rings. The Kier molecular flexibility index (Phi) is 14.5. The second-order valence-corrected chi connectivity index (χ2v) is 9.88. The maximum Gasteiger partial charge on any atom is 0.212 e. The summed E-state index contributed by atoms with van der Waals surface area (Å²) in [5.74, 6) is 1.70. The fraction of sp³-hybridized carbons (Fsp3) is 0.400. The molecule has 208 valence electrons. The Morgan fingerprint density at radius 1 is 1.13 bits per heavy atom. The summed E-state index contributed by atoms with van der Waals surface area (Å²) in [7, 11) is 8.02. The monoisotopic (exact) mass is 522 g/mol. The second kappa shape index (κ2) is 17.0. The van der Waals surface area contributed by atoms with Gasteiger partial charge in [-0.25, -0.2) is 4.98 Å². The lowest BCUT2D eigenvalue weighted by molar-refractivity contribution is -0.105. The second-order valence-electron chi connectivity index (χ2n) is 9.88. The van der Waals surface area contributed by atoms with E-state index >= 15 is 0 Å². The summed E-state index contributed by atoms with van der Waals surface area (Å²) in [5.41, 5.74) is 3.28. The zero-order valence-corrected chi connectivity index (χ0v) is 24.3. The fourth-order valence-corrected chi connectivity index (χ4v) is 3.13. The van der Waals surface area contributed by atoms with E-state index in [0.717, 1.165) is 24.5 Å². The molecule has 0 saturated carbocycles. The normalized spacial score (nSPS) is 11.6. The Bertz CT molecular complexity index is 1060. The highest BCUT2D eigenvalue weighted by Crippen LogP contribution is 2.32. The smallest absolute Gasteiger partial charge is 0.212 e. The van der Waals surface area contributed by atoms with Crippen LogP contribution < -0.4 is 25.6 Å². The maximum atomic E-state index is 10.6. The molecule has 1 heterocycles. The summed E-state index contributed by atoms with van der Waals surface area (Å²) in [6.07, 6.45) is 10.3. The third-order valence-corrected chi connectivity index (χ3v) is 5.56. The van der Waals surface area contributed by atoms with Crippen molar-refractivity contribution in [3.05, 3.63) is 73.0 Å². The van der Waals surface area contributed by atoms with Crippen LogP contribution in [0, 0.1) is 5.41 Å². The van der Waals surface area contributed by atoms with Gasteiger partial charge >= 0.3 is 0 Å². The Labute approximate surface area is 229 Å². The van der Waals surface area contributed by atoms with Gasteiger partial charge in [-0.15, -0.1) is 0 Å². The first-order valence-corrected chi connectivity index (χ1v) is 12.8. The number of benzene rings is 1. The van der Waals surface area contributed by atoms with Crippen LogP contribution in [0.3, 0.4) is 0 Å². The topological polar surface area (TPSA) is 81.8 Å². The van der Waals surface area contributed by atoms with Crippen LogP contribution in [0.2, 0.25) is 0 Å². The van der Waals surface area contributed by atoms with Crippen LogP contribution in [0.5, 0.6) is 11.5 Å². The summed E-state index contributed by atoms with van der Waals surface area (Å²) in [4.78, 5) is 18.9. The number of rotatable bonds is 13. The zero-order valence-electron chi connectivity index (χ0n) is 24.3. The third kappa shape index (κ3) is 12.1. The van der Waals surface area contributed by atoms with E-state index in [4.69, 9.17) is 4.74 Å². The number of pyridine rings is 1. The van der Waals surface area contributed by atoms with Crippen molar-refractivity contribution in [2.75, 3.05) is 63.5 Å². The van der Waals surface area contributed by atoms with Gasteiger partial charge in [0.2, 0.25) is 6.41 Å². The first kappa shape index (κ1) is 32.4. The molecule has 0 saturated heterocycles. The van der Waals surface area contributed by atoms with Gasteiger partial charge < -0.3 is 25.2 Å². The quantitative estimate of drug-likeness (QED) is 0.134. The highest BCUT2D eigenvalue weighted by atomic mass is 16.5. The van der Waals surface area contributed by atoms with Crippen LogP contribution >= 0.6 is 0 Å². The number of ether oxygens (including phenoxy) is 1. The van der Waals surface area contributed by atoms with Gasteiger partial charge in [-0.05, 0) is 49.8 Å². The number of nitrogens with zero attached hydrogens (tertiary/aromatic N) is 3. The van der Waals surface area contributed by atoms with Gasteiger partial charge in [0, 0.05) is 39.0 Å². The lowest BCUT2D eigenvalue weighted by Gasteiger charge is -2.23. The largest absolute Gasteiger partial charge is 0.457 e. The van der Waals surface area contributed by atoms with E-state index in [-0.39, 0.29) is 5.41 Å². The highest BCUT2D eigenvalue weighted by Gasteiger charge is 2.12. The first-order chi connectivity index (χ1) is 18.0. The molecular weight excluding hydrogens is 476 g/mol. The molecule has 0 unspecified atom stereocenters. The van der Waals surface area contributed by atoms with Crippen molar-refractivity contribution >= 4 is 23.6 Å². The van der Waals surface area contributed by atoms with Gasteiger partial charge in [0.1, 0.15) is 17.3 Å². The summed E-state index contributed by atoms with van der Waals surface area (Å²) >= 11 is 0. The van der Waals surface area contributed by atoms with E-state index in [1.807, 2.05) is 38.4 Å². The van der Waals surface area contributed by atoms with Crippen LogP contribution in [0.25, 0.3) is 0 Å². The Hall–Kier alpha value is -3.62. The Morgan fingerprint density at radius 3 is 2.39 bits per heavy atom. The van der Waals surface area contributed by atoms with Gasteiger partial charge in [-0.2, -0.15) is 0 Å². The molecule has 0 aliphatic carbocycles. The molecule has 38 heavy (non-hydrogen) atoms. The summed E-state index contributed by atoms with van der Waals surface area (Å²) in [6.45, 7) is 15.1. The van der Waals surface area contributed by atoms with Crippen LogP contribution in [0.4, 0.5) is 17.2 Å². The van der Waals surface area contributed by atoms with Crippen molar-refractivity contribution < 1.29 is 9.53 Å². The van der Waals surface area contributed by atoms with E-state index in [0.29, 0.717) is 30.4 Å². The predicted molar refractivity (Wildman–Crippen MR) is 162 cm³/mol. The predicted octanol–water partition coefficient (Wildman–Crippen LogP) is 5.75. The van der Waals surface area contributed by atoms with Gasteiger partial charge in [0.25, 0.3) is 0 Å². The maximum absolute atomic E-state index is 10.6. The van der Waals surface area contributed by atoms with E-state index in [1.54, 1.807) is 18.3 Å². The molecular formula is C30H46N6O2. The lowest BCUT2D eigenvalue weighted by atomic mass is 9.86. The number of aromatic nitrogens is 1. The number of nitrogens with one attached hydrogen (secondary N) is 3. The molecule has 3 N–H and O–H groups in total. The molecule has 1 aromatic carbocycles. The molecule has 0 spiro atoms. The van der Waals surface area contributed by atoms with Gasteiger partial charge in [0.15, 0.2) is 0 Å². The molecule has 1 aromatic heterocycles. The molecule has 2 aromatic rings. The Balaban J connectivity index is 0.00000132. The Morgan fingerprint density at radius 2 is 1.82 bits per heavy atom. The van der Waals surface area contributed by atoms with Crippen LogP contribution in [0.15, 0.2) is 73.0 Å². The number of hydrogen-bond acceptors (Lipinski definition) is 7. The highest BCUT2D eigenvalue weighted by molar-refractivity contribution is 5.72. The minimum absolute atomic E-state index is 0.0885. The zero-order chi connectivity index (χ0) is 28.6. The first-order valence-electron chi connectivity index (χ1n) is 12.8. The van der Waals surface area contributed by atoms with Gasteiger partial charge in [-0.3, -0.25) is 10.1 Å². The van der Waals surface area contributed by atoms with Crippen molar-refractivity contribution in [1.82, 2.24) is 15.2 Å². The van der Waals surface area contributed by atoms with E-state index in [2.05, 4.69) is 97.3 Å². The number of amides is 1. The van der Waals surface area contributed by atoms with Crippen molar-refractivity contribution in [3.8, 4) is 11.5 Å². The molecule has 8 nitrogen and oxygen atoms in total. The third-order valence-electron chi connectivity index (χ3n) is 5.56. The van der Waals surface area contributed by atoms with E-state index < -0.39 is 0 Å². The molecule has 0 bridgehead atoms. The van der Waals surface area contributed by atoms with Crippen molar-refractivity contribution in [1.29, 1.82) is 0 Å². The standard InChI is InChI=1S/C26H35N5O2.C4H11N/c1-7-20(26(2,3)4)10-8-9-14-28-18-31(6)24-12-11-21(16-23(24)27-5)33-22-13-15-29-25(17-22)30-19-32;1-4-5(2)3/h7-13,15-17,19,27-28H,1,14,18H2,2-6H3,(H,29,30,32);4H2,1-3H3/b9-8-,20-10+;. The number of carbonyl (C=O) groups excluding carboxylic acids is 1. The average Bonchev–Trinajstić information content (AvgIpc) is 2.88. The number of hydrogen-bond donors (Lipinski definition) is 3. The van der Waals surface area contributed by atoms with Crippen LogP contribution in [0.1, 0.15) is 27.7 Å². The average molecular weight is 523 g/mol. The van der Waals surface area contributed by atoms with Gasteiger partial charge in [0.05, 0.1) is 18.0 Å². The summed E-state index contributed by atoms with van der Waals surface area (Å²) < 4.78 is 5.93. The molecule has 0 aliphatic rings. The molecule has 0 aliphatic heterocycles. The number of carbonyl (C=O) groups is 1. The summed E-state index contributed by atoms with van der Waals surface area (Å²) in [5, 5.41) is 9.16. The minimum Gasteiger partial charge on any atom is -0.457 e. The molecule has 2 rings (SSSR count). The van der Waals surface area contributed by atoms with Crippen LogP contribution in [-0.4, -0.2) is 64.2 Å². The number of allylic oxidation sites excluding steroid dienone is 4. The van der Waals surface area contributed by atoms with Crippen molar-refractivity contribution in [2.45, 2.75) is 27.7 Å². The van der Waals surface area contributed by atoms with Crippen molar-refractivity contribution in [2.24, 2.45) is 5.41 Å². The molecule has 0 atom stereocenters. The lowest BCUT2D eigenvalue weighted by Crippen LogP contribution is -2.31. The SMILES string of the molecule is C=C/C(=C\C=C/CNCN(C)c1ccc(Oc2ccnc(NC=O)c2)cc1NC)C(C)(C)C.CCN(C)C. The van der Waals surface area contributed by atoms with Crippen molar-refractivity contribution in [3.63, 3.8) is 0 Å². The van der Waals surface area contributed by atoms with E-state index in [1.165, 1.54) is 5.57 Å². The van der Waals surface area contributed by atoms with Crippen LogP contribution in [-0.2, 0) is 4.79 Å². The fourth-order valence-electron chi connectivity index (χ4n) is 3.13. The van der Waals surface area contributed by atoms with Gasteiger partial charge in [-0.1, -0.05) is 58.6 Å². The molecule has 1 amide bonds. The number of anilines is 3.